The third kappa shape index (κ3) is 9.65. The van der Waals surface area contributed by atoms with Gasteiger partial charge in [0.25, 0.3) is 0 Å². The van der Waals surface area contributed by atoms with Gasteiger partial charge in [0, 0.05) is 18.4 Å². The van der Waals surface area contributed by atoms with E-state index in [0.717, 1.165) is 18.5 Å². The van der Waals surface area contributed by atoms with Crippen molar-refractivity contribution < 1.29 is 0 Å². The summed E-state index contributed by atoms with van der Waals surface area (Å²) in [6.45, 7) is 0.668. The molecule has 0 saturated heterocycles. The van der Waals surface area contributed by atoms with Gasteiger partial charge in [-0.05, 0) is 12.8 Å². The maximum absolute atomic E-state index is 5.16. The van der Waals surface area contributed by atoms with Gasteiger partial charge in [-0.25, -0.2) is 4.98 Å². The molecule has 1 heterocycles. The molecule has 0 unspecified atom stereocenters. The molecule has 5 N–H and O–H groups in total. The molecule has 15 heavy (non-hydrogen) atoms. The van der Waals surface area contributed by atoms with Gasteiger partial charge in [0.05, 0.1) is 6.33 Å². The monoisotopic (exact) mass is 275 g/mol. The number of imidazole rings is 1. The Balaban J connectivity index is -0.000000480. The van der Waals surface area contributed by atoms with E-state index in [1.807, 2.05) is 0 Å². The lowest BCUT2D eigenvalue weighted by Crippen LogP contribution is -2.23. The van der Waals surface area contributed by atoms with Crippen molar-refractivity contribution in [2.45, 2.75) is 12.8 Å². The average molecular weight is 277 g/mol. The minimum atomic E-state index is 0. The van der Waals surface area contributed by atoms with Crippen molar-refractivity contribution in [3.8, 4) is 0 Å². The molecule has 0 aliphatic heterocycles. The number of nitrogens with two attached hydrogens (primary N) is 2. The van der Waals surface area contributed by atoms with Crippen LogP contribution in [0.2, 0.25) is 0 Å². The highest BCUT2D eigenvalue weighted by Gasteiger charge is 1.92. The van der Waals surface area contributed by atoms with Gasteiger partial charge in [0.15, 0.2) is 5.96 Å². The van der Waals surface area contributed by atoms with Crippen molar-refractivity contribution in [2.75, 3.05) is 6.54 Å². The van der Waals surface area contributed by atoms with E-state index in [1.54, 1.807) is 12.5 Å². The number of aryl methyl sites for hydroxylation is 1. The van der Waals surface area contributed by atoms with Gasteiger partial charge in [0.1, 0.15) is 0 Å². The first kappa shape index (κ1) is 19.9. The molecule has 90 valence electrons. The molecule has 1 aromatic heterocycles. The third-order valence-corrected chi connectivity index (χ3v) is 1.45. The van der Waals surface area contributed by atoms with Gasteiger partial charge in [-0.1, -0.05) is 0 Å². The van der Waals surface area contributed by atoms with Gasteiger partial charge < -0.3 is 16.5 Å². The Kier molecular flexibility index (Phi) is 15.1. The van der Waals surface area contributed by atoms with E-state index in [-0.39, 0.29) is 43.2 Å². The number of hydrogen-bond donors (Lipinski definition) is 3. The molecule has 1 aromatic rings. The maximum Gasteiger partial charge on any atom is 0.185 e. The SMILES string of the molecule is Cl.Cl.Cl.NC(N)=NCCCc1cnc[nH]1. The van der Waals surface area contributed by atoms with Crippen molar-refractivity contribution in [1.29, 1.82) is 0 Å². The van der Waals surface area contributed by atoms with Crippen LogP contribution in [0.5, 0.6) is 0 Å². The van der Waals surface area contributed by atoms with Gasteiger partial charge >= 0.3 is 0 Å². The molecule has 0 aliphatic rings. The topological polar surface area (TPSA) is 93.1 Å². The van der Waals surface area contributed by atoms with Crippen molar-refractivity contribution in [3.05, 3.63) is 18.2 Å². The van der Waals surface area contributed by atoms with Crippen LogP contribution in [0.4, 0.5) is 0 Å². The molecule has 0 aliphatic carbocycles. The molecule has 0 spiro atoms. The number of aliphatic imine (C=N–C) groups is 1. The van der Waals surface area contributed by atoms with Gasteiger partial charge in [-0.15, -0.1) is 37.2 Å². The van der Waals surface area contributed by atoms with E-state index in [2.05, 4.69) is 15.0 Å². The fourth-order valence-corrected chi connectivity index (χ4v) is 0.899. The Bertz CT molecular complexity index is 245. The predicted molar refractivity (Wildman–Crippen MR) is 69.3 cm³/mol. The van der Waals surface area contributed by atoms with E-state index in [1.165, 1.54) is 0 Å². The van der Waals surface area contributed by atoms with E-state index < -0.39 is 0 Å². The Hall–Kier alpha value is -0.650. The highest BCUT2D eigenvalue weighted by Crippen LogP contribution is 1.96. The summed E-state index contributed by atoms with van der Waals surface area (Å²) >= 11 is 0. The third-order valence-electron chi connectivity index (χ3n) is 1.45. The Labute approximate surface area is 107 Å². The second kappa shape index (κ2) is 11.4. The Morgan fingerprint density at radius 1 is 1.33 bits per heavy atom. The van der Waals surface area contributed by atoms with E-state index in [4.69, 9.17) is 11.5 Å². The largest absolute Gasteiger partial charge is 0.370 e. The lowest BCUT2D eigenvalue weighted by Gasteiger charge is -1.94. The molecule has 5 nitrogen and oxygen atoms in total. The molecule has 0 radical (unpaired) electrons. The normalized spacial score (nSPS) is 7.73. The summed E-state index contributed by atoms with van der Waals surface area (Å²) in [6.07, 6.45) is 5.32. The van der Waals surface area contributed by atoms with Crippen LogP contribution >= 0.6 is 37.2 Å². The summed E-state index contributed by atoms with van der Waals surface area (Å²) in [6, 6.07) is 0. The van der Waals surface area contributed by atoms with Crippen molar-refractivity contribution in [3.63, 3.8) is 0 Å². The molecular formula is C7H16Cl3N5. The van der Waals surface area contributed by atoms with Crippen LogP contribution in [0.3, 0.4) is 0 Å². The highest BCUT2D eigenvalue weighted by molar-refractivity contribution is 5.86. The number of aromatic amines is 1. The second-order valence-corrected chi connectivity index (χ2v) is 2.49. The van der Waals surface area contributed by atoms with Gasteiger partial charge in [-0.3, -0.25) is 4.99 Å². The fourth-order valence-electron chi connectivity index (χ4n) is 0.899. The van der Waals surface area contributed by atoms with E-state index in [9.17, 15) is 0 Å². The number of hydrogen-bond acceptors (Lipinski definition) is 2. The fraction of sp³-hybridized carbons (Fsp3) is 0.429. The lowest BCUT2D eigenvalue weighted by atomic mass is 10.2. The zero-order valence-electron chi connectivity index (χ0n) is 8.05. The average Bonchev–Trinajstić information content (AvgIpc) is 2.49. The van der Waals surface area contributed by atoms with Crippen molar-refractivity contribution in [1.82, 2.24) is 9.97 Å². The summed E-state index contributed by atoms with van der Waals surface area (Å²) in [4.78, 5) is 10.8. The minimum Gasteiger partial charge on any atom is -0.370 e. The standard InChI is InChI=1S/C7H13N5.3ClH/c8-7(9)11-3-1-2-6-4-10-5-12-6;;;/h4-5H,1-3H2,(H,10,12)(H4,8,9,11);3*1H. The highest BCUT2D eigenvalue weighted by atomic mass is 35.5. The number of nitrogens with zero attached hydrogens (tertiary/aromatic N) is 2. The zero-order chi connectivity index (χ0) is 8.81. The number of rotatable bonds is 4. The molecule has 1 rings (SSSR count). The number of aromatic nitrogens is 2. The van der Waals surface area contributed by atoms with Crippen molar-refractivity contribution >= 4 is 43.2 Å². The number of H-pyrrole nitrogens is 1. The zero-order valence-corrected chi connectivity index (χ0v) is 10.5. The first-order valence-electron chi connectivity index (χ1n) is 3.81. The summed E-state index contributed by atoms with van der Waals surface area (Å²) in [7, 11) is 0. The van der Waals surface area contributed by atoms with Crippen LogP contribution in [-0.4, -0.2) is 22.5 Å². The summed E-state index contributed by atoms with van der Waals surface area (Å²) in [5, 5.41) is 0. The molecule has 0 aromatic carbocycles. The minimum absolute atomic E-state index is 0. The summed E-state index contributed by atoms with van der Waals surface area (Å²) in [5.41, 5.74) is 11.4. The molecule has 8 heteroatoms. The predicted octanol–water partition coefficient (Wildman–Crippen LogP) is 0.881. The molecular weight excluding hydrogens is 260 g/mol. The van der Waals surface area contributed by atoms with E-state index >= 15 is 0 Å². The van der Waals surface area contributed by atoms with Crippen LogP contribution in [-0.2, 0) is 6.42 Å². The van der Waals surface area contributed by atoms with E-state index in [0.29, 0.717) is 6.54 Å². The van der Waals surface area contributed by atoms with Crippen molar-refractivity contribution in [2.24, 2.45) is 16.5 Å². The summed E-state index contributed by atoms with van der Waals surface area (Å²) in [5.74, 6) is 0.152. The summed E-state index contributed by atoms with van der Waals surface area (Å²) < 4.78 is 0. The van der Waals surface area contributed by atoms with Gasteiger partial charge in [0.2, 0.25) is 0 Å². The Morgan fingerprint density at radius 3 is 2.47 bits per heavy atom. The van der Waals surface area contributed by atoms with Crippen LogP contribution in [0, 0.1) is 0 Å². The van der Waals surface area contributed by atoms with Crippen LogP contribution in [0.25, 0.3) is 0 Å². The lowest BCUT2D eigenvalue weighted by molar-refractivity contribution is 0.814. The molecule has 0 amide bonds. The molecule has 0 bridgehead atoms. The number of halogens is 3. The molecule has 0 saturated carbocycles. The first-order chi connectivity index (χ1) is 5.79. The van der Waals surface area contributed by atoms with Crippen LogP contribution in [0.1, 0.15) is 12.1 Å². The Morgan fingerprint density at radius 2 is 2.00 bits per heavy atom. The first-order valence-corrected chi connectivity index (χ1v) is 3.81. The van der Waals surface area contributed by atoms with Crippen LogP contribution < -0.4 is 11.5 Å². The molecule has 0 fully saturated rings. The molecule has 0 atom stereocenters. The van der Waals surface area contributed by atoms with Crippen LogP contribution in [0.15, 0.2) is 17.5 Å². The number of guanidine groups is 1. The van der Waals surface area contributed by atoms with Gasteiger partial charge in [-0.2, -0.15) is 0 Å². The maximum atomic E-state index is 5.16. The smallest absolute Gasteiger partial charge is 0.185 e. The quantitative estimate of drug-likeness (QED) is 0.433. The second-order valence-electron chi connectivity index (χ2n) is 2.49. The number of nitrogens with one attached hydrogen (secondary N) is 1.